The van der Waals surface area contributed by atoms with Crippen LogP contribution >= 0.6 is 11.6 Å². The Balaban J connectivity index is 1.59. The van der Waals surface area contributed by atoms with E-state index in [0.717, 1.165) is 11.3 Å². The third-order valence-corrected chi connectivity index (χ3v) is 4.63. The number of nitrogens with zero attached hydrogens (tertiary/aromatic N) is 1. The van der Waals surface area contributed by atoms with E-state index in [1.165, 1.54) is 0 Å². The third-order valence-electron chi connectivity index (χ3n) is 4.37. The highest BCUT2D eigenvalue weighted by atomic mass is 35.5. The Labute approximate surface area is 158 Å². The highest BCUT2D eigenvalue weighted by Crippen LogP contribution is 2.27. The van der Waals surface area contributed by atoms with E-state index >= 15 is 0 Å². The summed E-state index contributed by atoms with van der Waals surface area (Å²) in [6.45, 7) is 3.08. The zero-order valence-corrected chi connectivity index (χ0v) is 15.4. The summed E-state index contributed by atoms with van der Waals surface area (Å²) < 4.78 is 5.65. The van der Waals surface area contributed by atoms with Gasteiger partial charge in [-0.1, -0.05) is 48.9 Å². The molecule has 0 aliphatic carbocycles. The van der Waals surface area contributed by atoms with Crippen molar-refractivity contribution in [1.82, 2.24) is 10.6 Å². The van der Waals surface area contributed by atoms with Crippen molar-refractivity contribution in [2.45, 2.75) is 18.5 Å². The number of rotatable bonds is 6. The first-order chi connectivity index (χ1) is 12.6. The molecule has 26 heavy (non-hydrogen) atoms. The van der Waals surface area contributed by atoms with Gasteiger partial charge in [0.15, 0.2) is 5.96 Å². The van der Waals surface area contributed by atoms with E-state index in [9.17, 15) is 0 Å². The molecule has 1 aliphatic rings. The lowest BCUT2D eigenvalue weighted by Crippen LogP contribution is -2.62. The number of hydrogen-bond acceptors (Lipinski definition) is 3. The van der Waals surface area contributed by atoms with Gasteiger partial charge in [-0.05, 0) is 35.9 Å². The van der Waals surface area contributed by atoms with Gasteiger partial charge in [-0.2, -0.15) is 0 Å². The van der Waals surface area contributed by atoms with Gasteiger partial charge in [0.2, 0.25) is 0 Å². The number of benzene rings is 2. The van der Waals surface area contributed by atoms with Crippen LogP contribution in [0.4, 0.5) is 0 Å². The first-order valence-corrected chi connectivity index (χ1v) is 8.94. The third kappa shape index (κ3) is 4.56. The Morgan fingerprint density at radius 3 is 2.62 bits per heavy atom. The molecule has 2 aromatic rings. The average Bonchev–Trinajstić information content (AvgIpc) is 2.66. The van der Waals surface area contributed by atoms with Crippen LogP contribution in [0.2, 0.25) is 5.02 Å². The molecule has 4 N–H and O–H groups in total. The van der Waals surface area contributed by atoms with E-state index in [1.807, 2.05) is 66.9 Å². The number of hydrogen-bond donors (Lipinski definition) is 3. The Kier molecular flexibility index (Phi) is 5.81. The van der Waals surface area contributed by atoms with Crippen LogP contribution in [0.25, 0.3) is 0 Å². The molecule has 0 radical (unpaired) electrons. The topological polar surface area (TPSA) is 71.7 Å². The van der Waals surface area contributed by atoms with Gasteiger partial charge in [0.1, 0.15) is 18.0 Å². The monoisotopic (exact) mass is 370 g/mol. The maximum Gasteiger partial charge on any atom is 0.197 e. The van der Waals surface area contributed by atoms with E-state index < -0.39 is 5.66 Å². The van der Waals surface area contributed by atoms with Crippen molar-refractivity contribution in [3.8, 4) is 5.75 Å². The second-order valence-electron chi connectivity index (χ2n) is 6.20. The van der Waals surface area contributed by atoms with Gasteiger partial charge in [-0.15, -0.1) is 0 Å². The summed E-state index contributed by atoms with van der Waals surface area (Å²) in [5, 5.41) is 7.08. The number of ether oxygens (including phenoxy) is 1. The normalized spacial score (nSPS) is 21.7. The minimum absolute atomic E-state index is 0.0314. The summed E-state index contributed by atoms with van der Waals surface area (Å²) in [7, 11) is 0. The highest BCUT2D eigenvalue weighted by molar-refractivity contribution is 6.30. The number of nitrogens with one attached hydrogen (secondary N) is 2. The zero-order chi connectivity index (χ0) is 18.4. The van der Waals surface area contributed by atoms with Gasteiger partial charge >= 0.3 is 0 Å². The van der Waals surface area contributed by atoms with Crippen LogP contribution in [0, 0.1) is 0 Å². The van der Waals surface area contributed by atoms with Crippen LogP contribution in [-0.2, 0) is 0 Å². The van der Waals surface area contributed by atoms with E-state index in [4.69, 9.17) is 22.1 Å². The van der Waals surface area contributed by atoms with E-state index in [1.54, 1.807) is 0 Å². The van der Waals surface area contributed by atoms with E-state index in [2.05, 4.69) is 22.5 Å². The van der Waals surface area contributed by atoms with Crippen molar-refractivity contribution in [1.29, 1.82) is 0 Å². The number of para-hydroxylation sites is 1. The number of halogens is 1. The second-order valence-corrected chi connectivity index (χ2v) is 6.64. The summed E-state index contributed by atoms with van der Waals surface area (Å²) in [5.41, 5.74) is 6.94. The molecule has 3 rings (SSSR count). The lowest BCUT2D eigenvalue weighted by molar-refractivity contribution is 0.327. The van der Waals surface area contributed by atoms with Crippen LogP contribution in [0.3, 0.4) is 0 Å². The van der Waals surface area contributed by atoms with Gasteiger partial charge in [0.25, 0.3) is 0 Å². The molecule has 0 fully saturated rings. The maximum atomic E-state index is 6.58. The second kappa shape index (κ2) is 8.25. The zero-order valence-electron chi connectivity index (χ0n) is 14.7. The van der Waals surface area contributed by atoms with Crippen molar-refractivity contribution in [3.63, 3.8) is 0 Å². The Morgan fingerprint density at radius 2 is 1.88 bits per heavy atom. The smallest absolute Gasteiger partial charge is 0.197 e. The van der Waals surface area contributed by atoms with Crippen molar-refractivity contribution >= 4 is 17.6 Å². The standard InChI is InChI=1S/C20H23ClN4O/c1-15(16-7-9-17(21)10-8-16)20(22)11-12-23-19(25-20)24-13-14-26-18-5-3-2-4-6-18/h2-12,15H,13-14,22H2,1H3,(H2,23,24,25). The molecule has 1 heterocycles. The number of guanidine groups is 1. The van der Waals surface area contributed by atoms with E-state index in [-0.39, 0.29) is 5.92 Å². The Bertz CT molecular complexity index is 776. The first kappa shape index (κ1) is 18.3. The van der Waals surface area contributed by atoms with Gasteiger partial charge in [-0.3, -0.25) is 0 Å². The maximum absolute atomic E-state index is 6.58. The van der Waals surface area contributed by atoms with Crippen molar-refractivity contribution in [2.75, 3.05) is 13.2 Å². The number of nitrogens with two attached hydrogens (primary N) is 1. The van der Waals surface area contributed by atoms with Crippen molar-refractivity contribution < 1.29 is 4.74 Å². The van der Waals surface area contributed by atoms with Crippen LogP contribution in [-0.4, -0.2) is 24.8 Å². The molecule has 0 amide bonds. The Morgan fingerprint density at radius 1 is 1.15 bits per heavy atom. The van der Waals surface area contributed by atoms with Crippen LogP contribution in [0.15, 0.2) is 71.9 Å². The van der Waals surface area contributed by atoms with Gasteiger partial charge < -0.3 is 21.1 Å². The first-order valence-electron chi connectivity index (χ1n) is 8.56. The van der Waals surface area contributed by atoms with Crippen LogP contribution in [0.5, 0.6) is 5.75 Å². The SMILES string of the molecule is CC(c1ccc(Cl)cc1)C1(N)C=CNC(=NCCOc2ccccc2)N1. The molecular weight excluding hydrogens is 348 g/mol. The molecule has 2 atom stereocenters. The minimum Gasteiger partial charge on any atom is -0.492 e. The highest BCUT2D eigenvalue weighted by Gasteiger charge is 2.33. The largest absolute Gasteiger partial charge is 0.492 e. The van der Waals surface area contributed by atoms with Gasteiger partial charge in [-0.25, -0.2) is 4.99 Å². The molecule has 2 aromatic carbocycles. The van der Waals surface area contributed by atoms with Crippen molar-refractivity contribution in [2.24, 2.45) is 10.7 Å². The fourth-order valence-electron chi connectivity index (χ4n) is 2.74. The van der Waals surface area contributed by atoms with Crippen LogP contribution < -0.4 is 21.1 Å². The average molecular weight is 371 g/mol. The fourth-order valence-corrected chi connectivity index (χ4v) is 2.87. The molecule has 0 saturated heterocycles. The fraction of sp³-hybridized carbons (Fsp3) is 0.250. The summed E-state index contributed by atoms with van der Waals surface area (Å²) in [6.07, 6.45) is 3.73. The number of aliphatic imine (C=N–C) groups is 1. The van der Waals surface area contributed by atoms with Gasteiger partial charge in [0.05, 0.1) is 6.54 Å². The Hall–Kier alpha value is -2.50. The molecule has 6 heteroatoms. The van der Waals surface area contributed by atoms with Crippen molar-refractivity contribution in [3.05, 3.63) is 77.5 Å². The lowest BCUT2D eigenvalue weighted by Gasteiger charge is -2.37. The molecule has 1 aliphatic heterocycles. The minimum atomic E-state index is -0.738. The van der Waals surface area contributed by atoms with E-state index in [0.29, 0.717) is 24.1 Å². The summed E-state index contributed by atoms with van der Waals surface area (Å²) in [6, 6.07) is 17.4. The lowest BCUT2D eigenvalue weighted by atomic mass is 9.87. The molecule has 0 bridgehead atoms. The summed E-state index contributed by atoms with van der Waals surface area (Å²) in [5.74, 6) is 1.50. The van der Waals surface area contributed by atoms with Gasteiger partial charge in [0, 0.05) is 17.1 Å². The molecule has 0 spiro atoms. The quantitative estimate of drug-likeness (QED) is 0.682. The molecule has 0 aromatic heterocycles. The molecule has 5 nitrogen and oxygen atoms in total. The van der Waals surface area contributed by atoms with Crippen LogP contribution in [0.1, 0.15) is 18.4 Å². The predicted octanol–water partition coefficient (Wildman–Crippen LogP) is 3.24. The predicted molar refractivity (Wildman–Crippen MR) is 106 cm³/mol. The molecular formula is C20H23ClN4O. The molecule has 0 saturated carbocycles. The molecule has 2 unspecified atom stereocenters. The summed E-state index contributed by atoms with van der Waals surface area (Å²) >= 11 is 5.97. The molecule has 136 valence electrons. The summed E-state index contributed by atoms with van der Waals surface area (Å²) in [4.78, 5) is 4.50.